The van der Waals surface area contributed by atoms with E-state index < -0.39 is 0 Å². The second kappa shape index (κ2) is 9.39. The molecular weight excluding hydrogens is 348 g/mol. The number of pyridine rings is 1. The van der Waals surface area contributed by atoms with Crippen molar-refractivity contribution in [2.75, 3.05) is 24.6 Å². The second-order valence-electron chi connectivity index (χ2n) is 5.92. The fourth-order valence-corrected chi connectivity index (χ4v) is 1.93. The predicted molar refractivity (Wildman–Crippen MR) is 102 cm³/mol. The van der Waals surface area contributed by atoms with Crippen LogP contribution in [-0.4, -0.2) is 30.5 Å². The zero-order valence-corrected chi connectivity index (χ0v) is 15.4. The van der Waals surface area contributed by atoms with Gasteiger partial charge >= 0.3 is 5.97 Å². The van der Waals surface area contributed by atoms with E-state index in [-0.39, 0.29) is 30.2 Å². The normalized spacial score (nSPS) is 11.0. The number of nitrogens with two attached hydrogens (primary N) is 1. The molecule has 0 radical (unpaired) electrons. The average molecular weight is 370 g/mol. The van der Waals surface area contributed by atoms with Crippen LogP contribution in [0.4, 0.5) is 23.0 Å². The van der Waals surface area contributed by atoms with Gasteiger partial charge in [0.2, 0.25) is 5.91 Å². The topological polar surface area (TPSA) is 131 Å². The van der Waals surface area contributed by atoms with Gasteiger partial charge in [-0.25, -0.2) is 4.98 Å². The van der Waals surface area contributed by atoms with Gasteiger partial charge in [-0.3, -0.25) is 9.59 Å². The molecule has 1 heterocycles. The largest absolute Gasteiger partial charge is 0.424 e. The van der Waals surface area contributed by atoms with Crippen molar-refractivity contribution in [3.05, 3.63) is 36.4 Å². The van der Waals surface area contributed by atoms with Crippen LogP contribution in [0.2, 0.25) is 0 Å². The van der Waals surface area contributed by atoms with Crippen molar-refractivity contribution in [3.63, 3.8) is 0 Å². The molecule has 0 unspecified atom stereocenters. The lowest BCUT2D eigenvalue weighted by atomic mass is 10.2. The summed E-state index contributed by atoms with van der Waals surface area (Å²) in [5.41, 5.74) is 6.59. The number of hydrogen-bond acceptors (Lipinski definition) is 8. The van der Waals surface area contributed by atoms with Crippen LogP contribution >= 0.6 is 0 Å². The molecule has 0 bridgehead atoms. The third-order valence-electron chi connectivity index (χ3n) is 3.32. The molecule has 2 rings (SSSR count). The molecule has 27 heavy (non-hydrogen) atoms. The molecule has 4 N–H and O–H groups in total. The number of amides is 1. The first-order valence-electron chi connectivity index (χ1n) is 8.34. The molecule has 0 saturated carbocycles. The first-order chi connectivity index (χ1) is 12.9. The Kier molecular flexibility index (Phi) is 6.95. The molecule has 0 aliphatic rings. The monoisotopic (exact) mass is 370 g/mol. The van der Waals surface area contributed by atoms with E-state index in [1.165, 1.54) is 0 Å². The number of anilines is 2. The summed E-state index contributed by atoms with van der Waals surface area (Å²) in [6.45, 7) is 3.65. The lowest BCUT2D eigenvalue weighted by Crippen LogP contribution is -2.25. The molecule has 142 valence electrons. The van der Waals surface area contributed by atoms with Gasteiger partial charge in [-0.05, 0) is 31.3 Å². The summed E-state index contributed by atoms with van der Waals surface area (Å²) in [4.78, 5) is 27.4. The summed E-state index contributed by atoms with van der Waals surface area (Å²) >= 11 is 0. The van der Waals surface area contributed by atoms with Crippen molar-refractivity contribution >= 4 is 34.9 Å². The van der Waals surface area contributed by atoms with E-state index in [4.69, 9.17) is 10.5 Å². The van der Waals surface area contributed by atoms with Crippen LogP contribution < -0.4 is 21.1 Å². The number of benzene rings is 1. The van der Waals surface area contributed by atoms with Gasteiger partial charge in [0.25, 0.3) is 0 Å². The minimum Gasteiger partial charge on any atom is -0.424 e. The predicted octanol–water partition coefficient (Wildman–Crippen LogP) is 2.80. The van der Waals surface area contributed by atoms with E-state index in [2.05, 4.69) is 25.8 Å². The van der Waals surface area contributed by atoms with Crippen molar-refractivity contribution in [2.24, 2.45) is 16.1 Å². The van der Waals surface area contributed by atoms with Crippen LogP contribution in [0.1, 0.15) is 13.8 Å². The molecule has 0 atom stereocenters. The molecule has 1 aromatic heterocycles. The van der Waals surface area contributed by atoms with Crippen molar-refractivity contribution in [1.29, 1.82) is 0 Å². The van der Waals surface area contributed by atoms with Crippen molar-refractivity contribution in [2.45, 2.75) is 13.8 Å². The number of carbonyl (C=O) groups excluding carboxylic acids is 2. The Morgan fingerprint density at radius 3 is 2.52 bits per heavy atom. The number of nitrogen functional groups attached to an aromatic ring is 1. The van der Waals surface area contributed by atoms with Gasteiger partial charge in [-0.2, -0.15) is 0 Å². The van der Waals surface area contributed by atoms with Gasteiger partial charge in [-0.15, -0.1) is 10.2 Å². The zero-order chi connectivity index (χ0) is 19.8. The Bertz CT molecular complexity index is 851. The first kappa shape index (κ1) is 20.0. The molecule has 9 heteroatoms. The fourth-order valence-electron chi connectivity index (χ4n) is 1.93. The van der Waals surface area contributed by atoms with E-state index in [0.717, 1.165) is 0 Å². The van der Waals surface area contributed by atoms with Crippen LogP contribution in [0.3, 0.4) is 0 Å². The Morgan fingerprint density at radius 2 is 1.85 bits per heavy atom. The smallest absolute Gasteiger partial charge is 0.313 e. The van der Waals surface area contributed by atoms with Gasteiger partial charge in [0.05, 0.1) is 12.5 Å². The average Bonchev–Trinajstić information content (AvgIpc) is 2.62. The quantitative estimate of drug-likeness (QED) is 0.390. The second-order valence-corrected chi connectivity index (χ2v) is 5.92. The number of aromatic nitrogens is 1. The van der Waals surface area contributed by atoms with Crippen molar-refractivity contribution < 1.29 is 14.3 Å². The lowest BCUT2D eigenvalue weighted by Gasteiger charge is -2.08. The number of azo groups is 1. The molecule has 1 aromatic carbocycles. The Hall–Kier alpha value is -3.33. The van der Waals surface area contributed by atoms with E-state index in [1.807, 2.05) is 0 Å². The summed E-state index contributed by atoms with van der Waals surface area (Å²) in [7, 11) is 1.67. The molecule has 9 nitrogen and oxygen atoms in total. The highest BCUT2D eigenvalue weighted by molar-refractivity contribution is 5.91. The molecule has 0 saturated heterocycles. The number of nitrogens with zero attached hydrogens (tertiary/aromatic N) is 3. The van der Waals surface area contributed by atoms with E-state index in [1.54, 1.807) is 57.3 Å². The number of para-hydroxylation sites is 1. The summed E-state index contributed by atoms with van der Waals surface area (Å²) in [5, 5.41) is 13.5. The summed E-state index contributed by atoms with van der Waals surface area (Å²) < 4.78 is 5.32. The highest BCUT2D eigenvalue weighted by atomic mass is 16.5. The van der Waals surface area contributed by atoms with Gasteiger partial charge < -0.3 is 21.1 Å². The molecule has 0 fully saturated rings. The van der Waals surface area contributed by atoms with Crippen LogP contribution in [0.5, 0.6) is 5.75 Å². The third-order valence-corrected chi connectivity index (χ3v) is 3.32. The molecule has 2 aromatic rings. The maximum absolute atomic E-state index is 11.8. The SMILES string of the molecule is CNCC(=O)Nc1ccc(/N=N/c2ccccc2OC(=O)C(C)C)c(N)n1. The van der Waals surface area contributed by atoms with Gasteiger partial charge in [0.1, 0.15) is 17.2 Å². The molecular formula is C18H22N6O3. The number of rotatable bonds is 7. The maximum Gasteiger partial charge on any atom is 0.313 e. The standard InChI is InChI=1S/C18H22N6O3/c1-11(2)18(26)27-14-7-5-4-6-12(14)23-24-13-8-9-15(22-17(13)19)21-16(25)10-20-3/h4-9,11,20H,10H2,1-3H3,(H3,19,21,22,25)/b24-23+. The number of hydrogen-bond donors (Lipinski definition) is 3. The van der Waals surface area contributed by atoms with E-state index in [0.29, 0.717) is 22.9 Å². The maximum atomic E-state index is 11.8. The molecule has 1 amide bonds. The summed E-state index contributed by atoms with van der Waals surface area (Å²) in [6.07, 6.45) is 0. The summed E-state index contributed by atoms with van der Waals surface area (Å²) in [5.74, 6) is -0.126. The molecule has 0 aliphatic carbocycles. The fraction of sp³-hybridized carbons (Fsp3) is 0.278. The van der Waals surface area contributed by atoms with Gasteiger partial charge in [-0.1, -0.05) is 26.0 Å². The summed E-state index contributed by atoms with van der Waals surface area (Å²) in [6, 6.07) is 9.95. The van der Waals surface area contributed by atoms with Crippen LogP contribution in [0.15, 0.2) is 46.6 Å². The molecule has 0 aliphatic heterocycles. The van der Waals surface area contributed by atoms with Gasteiger partial charge in [0, 0.05) is 0 Å². The minimum absolute atomic E-state index is 0.109. The van der Waals surface area contributed by atoms with Crippen molar-refractivity contribution in [1.82, 2.24) is 10.3 Å². The van der Waals surface area contributed by atoms with E-state index >= 15 is 0 Å². The number of likely N-dealkylation sites (N-methyl/N-ethyl adjacent to an activating group) is 1. The number of esters is 1. The van der Waals surface area contributed by atoms with Crippen LogP contribution in [-0.2, 0) is 9.59 Å². The lowest BCUT2D eigenvalue weighted by molar-refractivity contribution is -0.137. The Morgan fingerprint density at radius 1 is 1.15 bits per heavy atom. The van der Waals surface area contributed by atoms with Gasteiger partial charge in [0.15, 0.2) is 11.6 Å². The van der Waals surface area contributed by atoms with Crippen LogP contribution in [0.25, 0.3) is 0 Å². The highest BCUT2D eigenvalue weighted by Gasteiger charge is 2.12. The zero-order valence-electron chi connectivity index (χ0n) is 15.4. The first-order valence-corrected chi connectivity index (χ1v) is 8.34. The van der Waals surface area contributed by atoms with Crippen LogP contribution in [0, 0.1) is 5.92 Å². The Balaban J connectivity index is 2.16. The number of ether oxygens (including phenoxy) is 1. The highest BCUT2D eigenvalue weighted by Crippen LogP contribution is 2.31. The van der Waals surface area contributed by atoms with Crippen molar-refractivity contribution in [3.8, 4) is 5.75 Å². The van der Waals surface area contributed by atoms with E-state index in [9.17, 15) is 9.59 Å². The Labute approximate surface area is 157 Å². The third kappa shape index (κ3) is 5.86. The minimum atomic E-state index is -0.361. The number of nitrogens with one attached hydrogen (secondary N) is 2. The molecule has 0 spiro atoms. The number of carbonyl (C=O) groups is 2.